The van der Waals surface area contributed by atoms with Crippen molar-refractivity contribution in [1.29, 1.82) is 0 Å². The monoisotopic (exact) mass is 182 g/mol. The first-order valence-electron chi connectivity index (χ1n) is 3.32. The average molecular weight is 182 g/mol. The molecule has 0 saturated carbocycles. The molecule has 1 unspecified atom stereocenters. The Labute approximate surface area is 69.8 Å². The van der Waals surface area contributed by atoms with Crippen molar-refractivity contribution in [3.05, 3.63) is 24.0 Å². The van der Waals surface area contributed by atoms with Crippen molar-refractivity contribution in [1.82, 2.24) is 4.98 Å². The first-order chi connectivity index (χ1) is 5.61. The largest absolute Gasteiger partial charge is 0.286 e. The van der Waals surface area contributed by atoms with Crippen molar-refractivity contribution >= 4 is 15.6 Å². The summed E-state index contributed by atoms with van der Waals surface area (Å²) < 4.78 is 15.1. The maximum Gasteiger partial charge on any atom is 0.286 e. The van der Waals surface area contributed by atoms with Crippen LogP contribution in [0.3, 0.4) is 0 Å². The average Bonchev–Trinajstić information content (AvgIpc) is 2.25. The number of carbonyl (C=O) groups is 1. The molecule has 0 saturated heterocycles. The summed E-state index contributed by atoms with van der Waals surface area (Å²) in [6.07, 6.45) is 4.37. The molecule has 1 aromatic heterocycles. The number of aromatic nitrogens is 1. The van der Waals surface area contributed by atoms with Crippen LogP contribution in [-0.2, 0) is 9.73 Å². The zero-order valence-corrected chi connectivity index (χ0v) is 7.17. The van der Waals surface area contributed by atoms with Crippen molar-refractivity contribution in [2.24, 2.45) is 4.36 Å². The summed E-state index contributed by atoms with van der Waals surface area (Å²) in [5.41, 5.74) is 0.414. The molecule has 4 nitrogen and oxygen atoms in total. The molecule has 2 heterocycles. The minimum atomic E-state index is -2.49. The molecular weight excluding hydrogens is 176 g/mol. The van der Waals surface area contributed by atoms with Gasteiger partial charge in [-0.05, 0) is 6.07 Å². The van der Waals surface area contributed by atoms with E-state index in [1.54, 1.807) is 0 Å². The van der Waals surface area contributed by atoms with Gasteiger partial charge in [0.05, 0.1) is 20.2 Å². The molecule has 1 aromatic rings. The Morgan fingerprint density at radius 3 is 2.92 bits per heavy atom. The molecule has 1 aliphatic heterocycles. The lowest BCUT2D eigenvalue weighted by Gasteiger charge is -1.95. The van der Waals surface area contributed by atoms with Gasteiger partial charge in [0.15, 0.2) is 0 Å². The normalized spacial score (nSPS) is 26.6. The third kappa shape index (κ3) is 0.863. The molecule has 0 fully saturated rings. The number of nitrogens with zero attached hydrogens (tertiary/aromatic N) is 2. The zero-order chi connectivity index (χ0) is 8.77. The molecule has 62 valence electrons. The van der Waals surface area contributed by atoms with Crippen molar-refractivity contribution in [3.63, 3.8) is 0 Å². The fourth-order valence-corrected chi connectivity index (χ4v) is 2.45. The molecule has 0 N–H and O–H groups in total. The number of hydrogen-bond acceptors (Lipinski definition) is 3. The van der Waals surface area contributed by atoms with Gasteiger partial charge in [0.25, 0.3) is 5.91 Å². The number of fused-ring (bicyclic) bond motifs is 1. The molecule has 0 spiro atoms. The van der Waals surface area contributed by atoms with Gasteiger partial charge < -0.3 is 0 Å². The van der Waals surface area contributed by atoms with Crippen LogP contribution in [-0.4, -0.2) is 21.4 Å². The van der Waals surface area contributed by atoms with Crippen LogP contribution in [0.4, 0.5) is 0 Å². The highest BCUT2D eigenvalue weighted by molar-refractivity contribution is 7.93. The van der Waals surface area contributed by atoms with E-state index in [4.69, 9.17) is 0 Å². The summed E-state index contributed by atoms with van der Waals surface area (Å²) >= 11 is 0. The van der Waals surface area contributed by atoms with Gasteiger partial charge in [-0.15, -0.1) is 0 Å². The highest BCUT2D eigenvalue weighted by atomic mass is 32.2. The van der Waals surface area contributed by atoms with Crippen molar-refractivity contribution < 1.29 is 9.00 Å². The van der Waals surface area contributed by atoms with Gasteiger partial charge in [-0.3, -0.25) is 9.78 Å². The fraction of sp³-hybridized carbons (Fsp3) is 0.143. The first kappa shape index (κ1) is 7.42. The molecule has 1 atom stereocenters. The lowest BCUT2D eigenvalue weighted by molar-refractivity contribution is 0.101. The molecule has 12 heavy (non-hydrogen) atoms. The van der Waals surface area contributed by atoms with Gasteiger partial charge in [-0.25, -0.2) is 4.21 Å². The second-order valence-corrected chi connectivity index (χ2v) is 4.80. The van der Waals surface area contributed by atoms with Crippen molar-refractivity contribution in [2.45, 2.75) is 4.90 Å². The van der Waals surface area contributed by atoms with Crippen LogP contribution in [0.5, 0.6) is 0 Å². The van der Waals surface area contributed by atoms with E-state index in [-0.39, 0.29) is 0 Å². The van der Waals surface area contributed by atoms with E-state index in [0.717, 1.165) is 0 Å². The van der Waals surface area contributed by atoms with E-state index in [1.807, 2.05) is 0 Å². The van der Waals surface area contributed by atoms with Gasteiger partial charge in [-0.2, -0.15) is 4.36 Å². The number of amides is 1. The van der Waals surface area contributed by atoms with Gasteiger partial charge in [0.2, 0.25) is 0 Å². The maximum absolute atomic E-state index is 11.6. The van der Waals surface area contributed by atoms with E-state index >= 15 is 0 Å². The molecule has 0 aliphatic carbocycles. The molecule has 2 rings (SSSR count). The third-order valence-electron chi connectivity index (χ3n) is 1.68. The fourth-order valence-electron chi connectivity index (χ4n) is 1.12. The molecule has 0 bridgehead atoms. The third-order valence-corrected chi connectivity index (χ3v) is 3.34. The highest BCUT2D eigenvalue weighted by Crippen LogP contribution is 2.23. The Morgan fingerprint density at radius 1 is 1.50 bits per heavy atom. The van der Waals surface area contributed by atoms with Crippen molar-refractivity contribution in [2.75, 3.05) is 6.26 Å². The Hall–Kier alpha value is -1.23. The van der Waals surface area contributed by atoms with Crippen LogP contribution in [0.1, 0.15) is 10.4 Å². The second kappa shape index (κ2) is 2.13. The SMILES string of the molecule is CS1(=O)=NC(=O)c2ccncc21. The Morgan fingerprint density at radius 2 is 2.25 bits per heavy atom. The van der Waals surface area contributed by atoms with Crippen LogP contribution in [0.15, 0.2) is 27.7 Å². The number of pyridine rings is 1. The smallest absolute Gasteiger partial charge is 0.266 e. The Balaban J connectivity index is 2.87. The predicted octanol–water partition coefficient (Wildman–Crippen LogP) is 0.692. The van der Waals surface area contributed by atoms with Gasteiger partial charge in [0, 0.05) is 18.6 Å². The van der Waals surface area contributed by atoms with E-state index in [9.17, 15) is 9.00 Å². The van der Waals surface area contributed by atoms with Crippen LogP contribution in [0.2, 0.25) is 0 Å². The van der Waals surface area contributed by atoms with Gasteiger partial charge >= 0.3 is 0 Å². The van der Waals surface area contributed by atoms with E-state index in [2.05, 4.69) is 9.35 Å². The lowest BCUT2D eigenvalue weighted by Crippen LogP contribution is -1.94. The Kier molecular flexibility index (Phi) is 1.32. The van der Waals surface area contributed by atoms with Crippen LogP contribution >= 0.6 is 0 Å². The molecule has 5 heteroatoms. The van der Waals surface area contributed by atoms with E-state index in [1.165, 1.54) is 24.7 Å². The number of carbonyl (C=O) groups excluding carboxylic acids is 1. The molecular formula is C7H6N2O2S. The summed E-state index contributed by atoms with van der Waals surface area (Å²) in [7, 11) is -2.49. The minimum absolute atomic E-state index is 0.403. The van der Waals surface area contributed by atoms with Crippen LogP contribution < -0.4 is 0 Å². The molecule has 0 radical (unpaired) electrons. The number of hydrogen-bond donors (Lipinski definition) is 0. The van der Waals surface area contributed by atoms with E-state index in [0.29, 0.717) is 10.5 Å². The molecule has 0 aromatic carbocycles. The Bertz CT molecular complexity index is 472. The molecule has 1 amide bonds. The second-order valence-electron chi connectivity index (χ2n) is 2.57. The number of rotatable bonds is 0. The van der Waals surface area contributed by atoms with E-state index < -0.39 is 15.6 Å². The summed E-state index contributed by atoms with van der Waals surface area (Å²) in [6, 6.07) is 1.54. The van der Waals surface area contributed by atoms with Gasteiger partial charge in [-0.1, -0.05) is 0 Å². The van der Waals surface area contributed by atoms with Crippen LogP contribution in [0.25, 0.3) is 0 Å². The van der Waals surface area contributed by atoms with Gasteiger partial charge in [0.1, 0.15) is 0 Å². The summed E-state index contributed by atoms with van der Waals surface area (Å²) in [6.45, 7) is 0. The summed E-state index contributed by atoms with van der Waals surface area (Å²) in [4.78, 5) is 15.4. The summed E-state index contributed by atoms with van der Waals surface area (Å²) in [5, 5.41) is 0. The topological polar surface area (TPSA) is 59.4 Å². The van der Waals surface area contributed by atoms with Crippen LogP contribution in [0, 0.1) is 0 Å². The predicted molar refractivity (Wildman–Crippen MR) is 43.3 cm³/mol. The first-order valence-corrected chi connectivity index (χ1v) is 5.24. The minimum Gasteiger partial charge on any atom is -0.266 e. The maximum atomic E-state index is 11.6. The quantitative estimate of drug-likeness (QED) is 0.593. The molecule has 1 aliphatic rings. The summed E-state index contributed by atoms with van der Waals surface area (Å²) in [5.74, 6) is -0.403. The highest BCUT2D eigenvalue weighted by Gasteiger charge is 2.25. The standard InChI is InChI=1S/C7H6N2O2S/c1-12(11)6-4-8-3-2-5(6)7(10)9-12/h2-4H,1H3. The zero-order valence-electron chi connectivity index (χ0n) is 6.35. The van der Waals surface area contributed by atoms with Crippen molar-refractivity contribution in [3.8, 4) is 0 Å². The lowest BCUT2D eigenvalue weighted by atomic mass is 10.3.